The van der Waals surface area contributed by atoms with Crippen molar-refractivity contribution in [2.75, 3.05) is 0 Å². The second-order valence-corrected chi connectivity index (χ2v) is 22.6. The minimum atomic E-state index is 0.826. The summed E-state index contributed by atoms with van der Waals surface area (Å²) < 4.78 is 0. The van der Waals surface area contributed by atoms with Crippen LogP contribution in [0.15, 0.2) is 276 Å². The fraction of sp³-hybridized carbons (Fsp3) is 0.273. The third kappa shape index (κ3) is 33.9. The van der Waals surface area contributed by atoms with Crippen LogP contribution in [0, 0.1) is 62.3 Å². The molecule has 0 unspecified atom stereocenters. The molecule has 0 atom stereocenters. The third-order valence-corrected chi connectivity index (χ3v) is 15.7. The normalized spacial score (nSPS) is 9.15. The van der Waals surface area contributed by atoms with Crippen LogP contribution < -0.4 is 0 Å². The van der Waals surface area contributed by atoms with E-state index in [9.17, 15) is 0 Å². The standard InChI is InChI=1S/9C9H8N2.9C2H6/c1-7-9-3-4-10-6-8(9)2-5-11-7;1-7-9-6-10-4-2-8(9)3-5-11-7;1-7-4-11-6-8-5-10-3-2-9(7)8;1-7-4-11-5-8-2-3-10-6-9(7)8;1-7-8-3-2-5-11-9(8)4-6-10-7;1-7-9-8(4-6-10-7)3-2-5-11-9;1-7-4-6-11-9-8(7)3-2-5-10-9;1-7-5-10-6-9-8(7)3-2-4-11-9;1-7-3-2-4-8-5-10-6-11-9(7)8;9*1-2/h9*2-6H,1H3;9*1-2H3. The van der Waals surface area contributed by atoms with Crippen molar-refractivity contribution in [3.8, 4) is 0 Å². The molecule has 0 aliphatic carbocycles. The van der Waals surface area contributed by atoms with E-state index >= 15 is 0 Å². The Balaban J connectivity index is 0.000000642. The number of fused-ring (bicyclic) bond motifs is 9. The summed E-state index contributed by atoms with van der Waals surface area (Å²) in [6.45, 7) is 54.2. The maximum absolute atomic E-state index is 4.22. The van der Waals surface area contributed by atoms with Gasteiger partial charge < -0.3 is 0 Å². The number of nitrogens with zero attached hydrogens (tertiary/aromatic N) is 18. The number of aryl methyl sites for hydroxylation is 9. The Morgan fingerprint density at radius 3 is 1.15 bits per heavy atom. The van der Waals surface area contributed by atoms with Crippen molar-refractivity contribution >= 4 is 97.7 Å². The van der Waals surface area contributed by atoms with E-state index < -0.39 is 0 Å². The van der Waals surface area contributed by atoms with Crippen LogP contribution >= 0.6 is 0 Å². The first-order chi connectivity index (χ1) is 57.4. The summed E-state index contributed by atoms with van der Waals surface area (Å²) in [4.78, 5) is 74.0. The first-order valence-corrected chi connectivity index (χ1v) is 40.8. The van der Waals surface area contributed by atoms with Gasteiger partial charge in [-0.25, -0.2) is 19.9 Å². The van der Waals surface area contributed by atoms with E-state index in [1.807, 2.05) is 344 Å². The molecule has 17 aromatic heterocycles. The minimum absolute atomic E-state index is 0.826. The summed E-state index contributed by atoms with van der Waals surface area (Å²) >= 11 is 0. The van der Waals surface area contributed by atoms with E-state index in [1.165, 1.54) is 54.7 Å². The molecular weight excluding hydrogens is 1440 g/mol. The average Bonchev–Trinajstić information content (AvgIpc) is 0.923. The molecule has 0 aliphatic heterocycles. The molecule has 0 amide bonds. The SMILES string of the molecule is CC.CC.CC.CC.CC.CC.CC.CC.CC.Cc1cccc2cncnc12.Cc1ccnc2ncccc12.Cc1cncc2ccncc12.Cc1cncc2cnccc12.Cc1cncc2ncccc12.Cc1nccc2cccnc12.Cc1nccc2ccncc12.Cc1nccc2cnccc12.Cc1nccc2ncccc12. The van der Waals surface area contributed by atoms with Crippen molar-refractivity contribution in [3.05, 3.63) is 327 Å². The lowest BCUT2D eigenvalue weighted by Crippen LogP contribution is -1.84. The Bertz CT molecular complexity index is 4500. The lowest BCUT2D eigenvalue weighted by Gasteiger charge is -1.97. The molecule has 117 heavy (non-hydrogen) atoms. The summed E-state index contributed by atoms with van der Waals surface area (Å²) in [5, 5.41) is 15.1. The molecule has 0 fully saturated rings. The first kappa shape index (κ1) is 102. The van der Waals surface area contributed by atoms with Crippen LogP contribution in [0.4, 0.5) is 0 Å². The van der Waals surface area contributed by atoms with E-state index in [1.54, 1.807) is 86.9 Å². The number of pyridine rings is 16. The second-order valence-electron chi connectivity index (χ2n) is 22.6. The van der Waals surface area contributed by atoms with Gasteiger partial charge in [0, 0.05) is 219 Å². The van der Waals surface area contributed by atoms with Gasteiger partial charge in [-0.15, -0.1) is 0 Å². The molecule has 0 radical (unpaired) electrons. The molecular formula is C99H126N18. The fourth-order valence-electron chi connectivity index (χ4n) is 10.4. The van der Waals surface area contributed by atoms with Gasteiger partial charge in [-0.2, -0.15) is 0 Å². The molecule has 18 nitrogen and oxygen atoms in total. The zero-order valence-corrected chi connectivity index (χ0v) is 74.5. The van der Waals surface area contributed by atoms with Crippen LogP contribution in [0.2, 0.25) is 0 Å². The molecule has 0 aliphatic rings. The summed E-state index contributed by atoms with van der Waals surface area (Å²) in [6, 6.07) is 39.7. The first-order valence-electron chi connectivity index (χ1n) is 40.8. The van der Waals surface area contributed by atoms with Crippen molar-refractivity contribution in [1.82, 2.24) is 89.7 Å². The van der Waals surface area contributed by atoms with Crippen LogP contribution in [0.5, 0.6) is 0 Å². The number of para-hydroxylation sites is 1. The Hall–Kier alpha value is -13.0. The van der Waals surface area contributed by atoms with Gasteiger partial charge in [0.2, 0.25) is 0 Å². The van der Waals surface area contributed by atoms with Crippen LogP contribution in [-0.4, -0.2) is 89.7 Å². The molecule has 18 rings (SSSR count). The van der Waals surface area contributed by atoms with E-state index in [0.29, 0.717) is 0 Å². The highest BCUT2D eigenvalue weighted by Crippen LogP contribution is 2.20. The highest BCUT2D eigenvalue weighted by molar-refractivity contribution is 5.87. The van der Waals surface area contributed by atoms with E-state index in [4.69, 9.17) is 0 Å². The maximum atomic E-state index is 4.22. The Morgan fingerprint density at radius 2 is 0.573 bits per heavy atom. The van der Waals surface area contributed by atoms with E-state index in [0.717, 1.165) is 93.6 Å². The van der Waals surface area contributed by atoms with Crippen molar-refractivity contribution in [3.63, 3.8) is 0 Å². The number of benzene rings is 1. The van der Waals surface area contributed by atoms with Crippen LogP contribution in [0.25, 0.3) is 97.7 Å². The largest absolute Gasteiger partial charge is 0.264 e. The predicted octanol–water partition coefficient (Wildman–Crippen LogP) is 26.7. The van der Waals surface area contributed by atoms with Crippen molar-refractivity contribution in [2.24, 2.45) is 0 Å². The lowest BCUT2D eigenvalue weighted by atomic mass is 10.1. The molecule has 612 valence electrons. The molecule has 17 heterocycles. The monoisotopic (exact) mass is 1570 g/mol. The third-order valence-electron chi connectivity index (χ3n) is 15.7. The molecule has 0 N–H and O–H groups in total. The quantitative estimate of drug-likeness (QED) is 0.137. The van der Waals surface area contributed by atoms with Crippen LogP contribution in [0.3, 0.4) is 0 Å². The van der Waals surface area contributed by atoms with Crippen LogP contribution in [0.1, 0.15) is 175 Å². The molecule has 0 saturated carbocycles. The van der Waals surface area contributed by atoms with Gasteiger partial charge in [0.25, 0.3) is 0 Å². The summed E-state index contributed by atoms with van der Waals surface area (Å²) in [6.07, 6.45) is 45.1. The number of aromatic nitrogens is 18. The van der Waals surface area contributed by atoms with Crippen LogP contribution in [-0.2, 0) is 0 Å². The van der Waals surface area contributed by atoms with Crippen molar-refractivity contribution < 1.29 is 0 Å². The van der Waals surface area contributed by atoms with E-state index in [-0.39, 0.29) is 0 Å². The zero-order valence-electron chi connectivity index (χ0n) is 74.5. The average molecular weight is 1570 g/mol. The zero-order chi connectivity index (χ0) is 87.1. The number of hydrogen-bond donors (Lipinski definition) is 0. The highest BCUT2D eigenvalue weighted by Gasteiger charge is 2.02. The second kappa shape index (κ2) is 62.5. The molecule has 0 saturated heterocycles. The lowest BCUT2D eigenvalue weighted by molar-refractivity contribution is 1.20. The molecule has 0 spiro atoms. The molecule has 0 bridgehead atoms. The summed E-state index contributed by atoms with van der Waals surface area (Å²) in [5.41, 5.74) is 14.9. The molecule has 1 aromatic carbocycles. The van der Waals surface area contributed by atoms with Gasteiger partial charge in [0.15, 0.2) is 5.65 Å². The Kier molecular flexibility index (Phi) is 54.5. The number of hydrogen-bond acceptors (Lipinski definition) is 18. The topological polar surface area (TPSA) is 232 Å². The Labute approximate surface area is 697 Å². The summed E-state index contributed by atoms with van der Waals surface area (Å²) in [7, 11) is 0. The van der Waals surface area contributed by atoms with Gasteiger partial charge in [0.05, 0.1) is 34.0 Å². The molecule has 18 heteroatoms. The summed E-state index contributed by atoms with van der Waals surface area (Å²) in [5.74, 6) is 0. The van der Waals surface area contributed by atoms with Gasteiger partial charge in [0.1, 0.15) is 6.33 Å². The van der Waals surface area contributed by atoms with E-state index in [2.05, 4.69) is 123 Å². The highest BCUT2D eigenvalue weighted by atomic mass is 14.8. The van der Waals surface area contributed by atoms with Crippen molar-refractivity contribution in [1.29, 1.82) is 0 Å². The van der Waals surface area contributed by atoms with Gasteiger partial charge in [-0.1, -0.05) is 155 Å². The minimum Gasteiger partial charge on any atom is -0.264 e. The van der Waals surface area contributed by atoms with Gasteiger partial charge >= 0.3 is 0 Å². The Morgan fingerprint density at radius 1 is 0.171 bits per heavy atom. The van der Waals surface area contributed by atoms with Crippen molar-refractivity contribution in [2.45, 2.75) is 187 Å². The smallest absolute Gasteiger partial charge is 0.159 e. The molecule has 18 aromatic rings. The predicted molar refractivity (Wildman–Crippen MR) is 501 cm³/mol. The van der Waals surface area contributed by atoms with Gasteiger partial charge in [-0.3, -0.25) is 69.8 Å². The maximum Gasteiger partial charge on any atom is 0.159 e. The fourth-order valence-corrected chi connectivity index (χ4v) is 10.4. The van der Waals surface area contributed by atoms with Gasteiger partial charge in [-0.05, 0) is 192 Å². The number of rotatable bonds is 0.